The predicted octanol–water partition coefficient (Wildman–Crippen LogP) is 7.58. The average molecular weight is 587 g/mol. The van der Waals surface area contributed by atoms with Crippen LogP contribution in [0.5, 0.6) is 5.75 Å². The van der Waals surface area contributed by atoms with Gasteiger partial charge >= 0.3 is 6.09 Å². The largest absolute Gasteiger partial charge is 0.496 e. The number of nitrogens with one attached hydrogen (secondary N) is 1. The fraction of sp³-hybridized carbons (Fsp3) is 0.514. The molecule has 0 spiro atoms. The van der Waals surface area contributed by atoms with Gasteiger partial charge in [0.15, 0.2) is 0 Å². The lowest BCUT2D eigenvalue weighted by Crippen LogP contribution is -2.44. The molecule has 0 atom stereocenters. The van der Waals surface area contributed by atoms with Crippen molar-refractivity contribution in [2.24, 2.45) is 11.8 Å². The van der Waals surface area contributed by atoms with Crippen LogP contribution >= 0.6 is 0 Å². The summed E-state index contributed by atoms with van der Waals surface area (Å²) < 4.78 is 7.42. The lowest BCUT2D eigenvalue weighted by Gasteiger charge is -2.36. The summed E-state index contributed by atoms with van der Waals surface area (Å²) in [6.07, 6.45) is 10.1. The Bertz CT molecular complexity index is 1400. The van der Waals surface area contributed by atoms with Gasteiger partial charge in [0.2, 0.25) is 5.91 Å². The Morgan fingerprint density at radius 2 is 1.77 bits per heavy atom. The molecule has 3 aromatic rings. The third-order valence-corrected chi connectivity index (χ3v) is 9.47. The second kappa shape index (κ2) is 13.7. The fourth-order valence-electron chi connectivity index (χ4n) is 6.92. The topological polar surface area (TPSA) is 96.7 Å². The standard InChI is InChI=1S/C35H46N4O4/c1-23(2)39-22-30(20-36-39)28-6-5-7-32(19-28)38(34(40)27-12-15-31(16-13-27)37-35(41)42)21-25-8-10-26(11-9-25)29-14-17-33(43-4)24(3)18-29/h5-7,14,17-20,22-23,25-27,31,37H,8-13,15-16,21H2,1-4H3,(H,41,42)/t25-,26-,27-,31-. The summed E-state index contributed by atoms with van der Waals surface area (Å²) in [4.78, 5) is 27.4. The van der Waals surface area contributed by atoms with Crippen molar-refractivity contribution in [2.45, 2.75) is 90.1 Å². The lowest BCUT2D eigenvalue weighted by molar-refractivity contribution is -0.123. The monoisotopic (exact) mass is 586 g/mol. The highest BCUT2D eigenvalue weighted by Gasteiger charge is 2.33. The van der Waals surface area contributed by atoms with E-state index in [-0.39, 0.29) is 23.9 Å². The Balaban J connectivity index is 1.33. The quantitative estimate of drug-likeness (QED) is 0.269. The van der Waals surface area contributed by atoms with E-state index in [1.54, 1.807) is 7.11 Å². The Morgan fingerprint density at radius 1 is 1.02 bits per heavy atom. The van der Waals surface area contributed by atoms with Crippen LogP contribution in [0.2, 0.25) is 0 Å². The van der Waals surface area contributed by atoms with Crippen LogP contribution in [-0.2, 0) is 4.79 Å². The van der Waals surface area contributed by atoms with Gasteiger partial charge in [-0.15, -0.1) is 0 Å². The predicted molar refractivity (Wildman–Crippen MR) is 170 cm³/mol. The van der Waals surface area contributed by atoms with Crippen molar-refractivity contribution in [3.63, 3.8) is 0 Å². The summed E-state index contributed by atoms with van der Waals surface area (Å²) in [5.74, 6) is 1.95. The number of aromatic nitrogens is 2. The van der Waals surface area contributed by atoms with E-state index >= 15 is 0 Å². The van der Waals surface area contributed by atoms with Gasteiger partial charge in [-0.2, -0.15) is 5.10 Å². The number of methoxy groups -OCH3 is 1. The third kappa shape index (κ3) is 7.40. The van der Waals surface area contributed by atoms with Gasteiger partial charge in [0.25, 0.3) is 0 Å². The SMILES string of the molecule is COc1ccc([C@H]2CC[C@H](CN(c3cccc(-c4cnn(C(C)C)c4)c3)C(=O)[C@H]3CC[C@H](NC(=O)O)CC3)CC2)cc1C. The molecule has 1 aromatic heterocycles. The molecule has 1 heterocycles. The molecule has 2 N–H and O–H groups in total. The summed E-state index contributed by atoms with van der Waals surface area (Å²) in [6, 6.07) is 15.0. The Kier molecular flexibility index (Phi) is 9.73. The van der Waals surface area contributed by atoms with E-state index in [9.17, 15) is 9.59 Å². The maximum absolute atomic E-state index is 14.2. The zero-order valence-electron chi connectivity index (χ0n) is 26.0. The highest BCUT2D eigenvalue weighted by molar-refractivity contribution is 5.95. The average Bonchev–Trinajstić information content (AvgIpc) is 3.51. The number of hydrogen-bond donors (Lipinski definition) is 2. The molecule has 230 valence electrons. The van der Waals surface area contributed by atoms with Gasteiger partial charge in [0.05, 0.1) is 13.3 Å². The second-order valence-electron chi connectivity index (χ2n) is 12.7. The van der Waals surface area contributed by atoms with Crippen molar-refractivity contribution >= 4 is 17.7 Å². The minimum atomic E-state index is -0.991. The van der Waals surface area contributed by atoms with Crippen molar-refractivity contribution in [2.75, 3.05) is 18.6 Å². The molecule has 2 amide bonds. The molecule has 5 rings (SSSR count). The molecule has 2 aromatic carbocycles. The molecule has 0 bridgehead atoms. The number of carbonyl (C=O) groups is 2. The number of carbonyl (C=O) groups excluding carboxylic acids is 1. The summed E-state index contributed by atoms with van der Waals surface area (Å²) in [5, 5.41) is 16.3. The van der Waals surface area contributed by atoms with Gasteiger partial charge in [-0.3, -0.25) is 9.48 Å². The fourth-order valence-corrected chi connectivity index (χ4v) is 6.92. The minimum Gasteiger partial charge on any atom is -0.496 e. The molecule has 8 nitrogen and oxygen atoms in total. The van der Waals surface area contributed by atoms with E-state index in [1.807, 2.05) is 21.8 Å². The van der Waals surface area contributed by atoms with Gasteiger partial charge in [-0.25, -0.2) is 4.79 Å². The van der Waals surface area contributed by atoms with Crippen LogP contribution in [0.1, 0.15) is 88.3 Å². The summed E-state index contributed by atoms with van der Waals surface area (Å²) in [7, 11) is 1.72. The van der Waals surface area contributed by atoms with Crippen LogP contribution in [0.15, 0.2) is 54.9 Å². The van der Waals surface area contributed by atoms with E-state index in [2.05, 4.69) is 73.8 Å². The first-order valence-electron chi connectivity index (χ1n) is 15.8. The number of rotatable bonds is 9. The first-order valence-corrected chi connectivity index (χ1v) is 15.8. The Labute approximate surface area is 255 Å². The number of benzene rings is 2. The van der Waals surface area contributed by atoms with E-state index < -0.39 is 6.09 Å². The summed E-state index contributed by atoms with van der Waals surface area (Å²) in [6.45, 7) is 7.03. The number of amides is 2. The van der Waals surface area contributed by atoms with Crippen LogP contribution in [0.25, 0.3) is 11.1 Å². The van der Waals surface area contributed by atoms with Crippen molar-refractivity contribution < 1.29 is 19.4 Å². The van der Waals surface area contributed by atoms with E-state index in [0.717, 1.165) is 48.2 Å². The molecule has 0 unspecified atom stereocenters. The van der Waals surface area contributed by atoms with Crippen molar-refractivity contribution in [3.8, 4) is 16.9 Å². The number of nitrogens with zero attached hydrogens (tertiary/aromatic N) is 3. The van der Waals surface area contributed by atoms with Crippen LogP contribution in [-0.4, -0.2) is 46.6 Å². The van der Waals surface area contributed by atoms with E-state index in [4.69, 9.17) is 9.84 Å². The maximum Gasteiger partial charge on any atom is 0.404 e. The number of aryl methyl sites for hydroxylation is 1. The second-order valence-corrected chi connectivity index (χ2v) is 12.7. The van der Waals surface area contributed by atoms with Gasteiger partial charge in [-0.05, 0) is 119 Å². The van der Waals surface area contributed by atoms with Crippen molar-refractivity contribution in [1.29, 1.82) is 0 Å². The molecule has 2 aliphatic carbocycles. The van der Waals surface area contributed by atoms with Gasteiger partial charge in [-0.1, -0.05) is 24.3 Å². The summed E-state index contributed by atoms with van der Waals surface area (Å²) >= 11 is 0. The van der Waals surface area contributed by atoms with Crippen LogP contribution < -0.4 is 15.0 Å². The molecular formula is C35H46N4O4. The highest BCUT2D eigenvalue weighted by Crippen LogP contribution is 2.39. The maximum atomic E-state index is 14.2. The summed E-state index contributed by atoms with van der Waals surface area (Å²) in [5.41, 5.74) is 5.57. The Morgan fingerprint density at radius 3 is 2.40 bits per heavy atom. The molecule has 43 heavy (non-hydrogen) atoms. The van der Waals surface area contributed by atoms with Crippen molar-refractivity contribution in [1.82, 2.24) is 15.1 Å². The third-order valence-electron chi connectivity index (χ3n) is 9.47. The molecule has 2 aliphatic rings. The first-order chi connectivity index (χ1) is 20.7. The number of carboxylic acid groups (broad SMARTS) is 1. The number of hydrogen-bond acceptors (Lipinski definition) is 4. The molecule has 2 fully saturated rings. The van der Waals surface area contributed by atoms with Crippen LogP contribution in [0, 0.1) is 18.8 Å². The van der Waals surface area contributed by atoms with E-state index in [1.165, 1.54) is 11.1 Å². The molecule has 0 aliphatic heterocycles. The molecule has 8 heteroatoms. The number of anilines is 1. The molecule has 0 radical (unpaired) electrons. The highest BCUT2D eigenvalue weighted by atomic mass is 16.5. The van der Waals surface area contributed by atoms with Crippen LogP contribution in [0.3, 0.4) is 0 Å². The molecule has 2 saturated carbocycles. The van der Waals surface area contributed by atoms with Crippen molar-refractivity contribution in [3.05, 3.63) is 66.0 Å². The van der Waals surface area contributed by atoms with E-state index in [0.29, 0.717) is 44.1 Å². The molecule has 0 saturated heterocycles. The first kappa shape index (κ1) is 30.6. The molecular weight excluding hydrogens is 540 g/mol. The zero-order chi connectivity index (χ0) is 30.5. The zero-order valence-corrected chi connectivity index (χ0v) is 26.0. The normalized spacial score (nSPS) is 22.3. The van der Waals surface area contributed by atoms with Gasteiger partial charge < -0.3 is 20.1 Å². The lowest BCUT2D eigenvalue weighted by atomic mass is 9.78. The van der Waals surface area contributed by atoms with Crippen LogP contribution in [0.4, 0.5) is 10.5 Å². The number of ether oxygens (including phenoxy) is 1. The smallest absolute Gasteiger partial charge is 0.404 e. The van der Waals surface area contributed by atoms with Gasteiger partial charge in [0, 0.05) is 42.0 Å². The minimum absolute atomic E-state index is 0.0762. The Hall–Kier alpha value is -3.81. The van der Waals surface area contributed by atoms with Gasteiger partial charge in [0.1, 0.15) is 5.75 Å².